The molecule has 14 heavy (non-hydrogen) atoms. The zero-order chi connectivity index (χ0) is 11.1. The minimum absolute atomic E-state index is 0.0920. The number of nitrogens with zero attached hydrogens (tertiary/aromatic N) is 1. The summed E-state index contributed by atoms with van der Waals surface area (Å²) in [5, 5.41) is 38.9. The van der Waals surface area contributed by atoms with Crippen molar-refractivity contribution in [3.63, 3.8) is 0 Å². The highest BCUT2D eigenvalue weighted by Gasteiger charge is 2.22. The number of hydrogen-bond donors (Lipinski definition) is 6. The molecule has 3 atom stereocenters. The van der Waals surface area contributed by atoms with Crippen molar-refractivity contribution >= 4 is 23.5 Å². The molecule has 0 fully saturated rings. The van der Waals surface area contributed by atoms with Crippen molar-refractivity contribution < 1.29 is 20.4 Å². The van der Waals surface area contributed by atoms with E-state index in [0.29, 0.717) is 0 Å². The third kappa shape index (κ3) is 5.04. The maximum atomic E-state index is 9.14. The predicted octanol–water partition coefficient (Wildman–Crippen LogP) is -3.12. The first-order valence-corrected chi connectivity index (χ1v) is 4.13. The van der Waals surface area contributed by atoms with Crippen molar-refractivity contribution in [1.82, 2.24) is 5.43 Å². The van der Waals surface area contributed by atoms with E-state index in [1.54, 1.807) is 0 Å². The molecule has 7 N–H and O–H groups in total. The summed E-state index contributed by atoms with van der Waals surface area (Å²) in [7, 11) is 0. The molecule has 0 radical (unpaired) electrons. The van der Waals surface area contributed by atoms with Gasteiger partial charge in [-0.15, -0.1) is 0 Å². The van der Waals surface area contributed by atoms with Gasteiger partial charge in [-0.05, 0) is 12.2 Å². The van der Waals surface area contributed by atoms with Crippen LogP contribution in [0.15, 0.2) is 5.10 Å². The number of rotatable bonds is 5. The van der Waals surface area contributed by atoms with Crippen LogP contribution in [0.1, 0.15) is 0 Å². The summed E-state index contributed by atoms with van der Waals surface area (Å²) in [6.07, 6.45) is -3.46. The molecule has 0 bridgehead atoms. The number of nitrogens with one attached hydrogen (secondary N) is 1. The average molecular weight is 223 g/mol. The van der Waals surface area contributed by atoms with Crippen LogP contribution < -0.4 is 11.2 Å². The van der Waals surface area contributed by atoms with Gasteiger partial charge in [0.15, 0.2) is 5.11 Å². The second-order valence-corrected chi connectivity index (χ2v) is 2.93. The van der Waals surface area contributed by atoms with E-state index < -0.39 is 24.9 Å². The molecular weight excluding hydrogens is 210 g/mol. The standard InChI is InChI=1S/C6H13N3O4S/c7-6(14)9-8-1-3(11)5(13)4(12)2-10/h1,3-5,10-13H,2H2,(H3,7,9,14)/b8-1-/t3-,4-,5+/m1/s1. The number of thiocarbonyl (C=S) groups is 1. The summed E-state index contributed by atoms with van der Waals surface area (Å²) in [5.74, 6) is 0. The lowest BCUT2D eigenvalue weighted by Crippen LogP contribution is -2.40. The van der Waals surface area contributed by atoms with Gasteiger partial charge >= 0.3 is 0 Å². The fourth-order valence-electron chi connectivity index (χ4n) is 0.601. The minimum Gasteiger partial charge on any atom is -0.394 e. The summed E-state index contributed by atoms with van der Waals surface area (Å²) in [6, 6.07) is 0. The van der Waals surface area contributed by atoms with Crippen molar-refractivity contribution in [3.8, 4) is 0 Å². The molecule has 0 saturated heterocycles. The van der Waals surface area contributed by atoms with Crippen molar-refractivity contribution in [3.05, 3.63) is 0 Å². The highest BCUT2D eigenvalue weighted by molar-refractivity contribution is 7.80. The average Bonchev–Trinajstić information content (AvgIpc) is 2.14. The van der Waals surface area contributed by atoms with Gasteiger partial charge in [0.25, 0.3) is 0 Å². The first-order chi connectivity index (χ1) is 6.49. The smallest absolute Gasteiger partial charge is 0.184 e. The van der Waals surface area contributed by atoms with Gasteiger partial charge in [-0.3, -0.25) is 5.43 Å². The summed E-state index contributed by atoms with van der Waals surface area (Å²) in [4.78, 5) is 0. The first kappa shape index (κ1) is 13.2. The Hall–Kier alpha value is -0.800. The maximum absolute atomic E-state index is 9.14. The van der Waals surface area contributed by atoms with Gasteiger partial charge in [0.05, 0.1) is 12.8 Å². The Morgan fingerprint density at radius 3 is 2.50 bits per heavy atom. The molecule has 0 aromatic heterocycles. The third-order valence-electron chi connectivity index (χ3n) is 1.33. The quantitative estimate of drug-likeness (QED) is 0.165. The van der Waals surface area contributed by atoms with Crippen molar-refractivity contribution in [2.45, 2.75) is 18.3 Å². The van der Waals surface area contributed by atoms with Gasteiger partial charge in [-0.1, -0.05) is 0 Å². The van der Waals surface area contributed by atoms with Gasteiger partial charge in [-0.25, -0.2) is 0 Å². The molecule has 0 unspecified atom stereocenters. The second kappa shape index (κ2) is 6.62. The van der Waals surface area contributed by atoms with Gasteiger partial charge in [0, 0.05) is 0 Å². The van der Waals surface area contributed by atoms with Crippen LogP contribution in [0.5, 0.6) is 0 Å². The van der Waals surface area contributed by atoms with Gasteiger partial charge in [0.1, 0.15) is 18.3 Å². The van der Waals surface area contributed by atoms with Crippen molar-refractivity contribution in [1.29, 1.82) is 0 Å². The molecule has 0 saturated carbocycles. The topological polar surface area (TPSA) is 131 Å². The minimum atomic E-state index is -1.52. The molecule has 0 aromatic rings. The van der Waals surface area contributed by atoms with E-state index in [4.69, 9.17) is 26.2 Å². The van der Waals surface area contributed by atoms with Crippen LogP contribution >= 0.6 is 12.2 Å². The molecule has 0 spiro atoms. The first-order valence-electron chi connectivity index (χ1n) is 3.72. The lowest BCUT2D eigenvalue weighted by atomic mass is 10.1. The van der Waals surface area contributed by atoms with Gasteiger partial charge in [-0.2, -0.15) is 5.10 Å². The van der Waals surface area contributed by atoms with E-state index >= 15 is 0 Å². The summed E-state index contributed by atoms with van der Waals surface area (Å²) in [5.41, 5.74) is 7.17. The van der Waals surface area contributed by atoms with E-state index in [2.05, 4.69) is 22.7 Å². The fraction of sp³-hybridized carbons (Fsp3) is 0.667. The highest BCUT2D eigenvalue weighted by atomic mass is 32.1. The largest absolute Gasteiger partial charge is 0.394 e. The van der Waals surface area contributed by atoms with Crippen molar-refractivity contribution in [2.24, 2.45) is 10.8 Å². The van der Waals surface area contributed by atoms with Crippen LogP contribution in [0.2, 0.25) is 0 Å². The Kier molecular flexibility index (Phi) is 6.25. The molecular formula is C6H13N3O4S. The number of hydrogen-bond acceptors (Lipinski definition) is 6. The fourth-order valence-corrected chi connectivity index (χ4v) is 0.654. The highest BCUT2D eigenvalue weighted by Crippen LogP contribution is 1.97. The molecule has 0 amide bonds. The number of aliphatic hydroxyl groups is 4. The van der Waals surface area contributed by atoms with E-state index in [1.807, 2.05) is 0 Å². The monoisotopic (exact) mass is 223 g/mol. The summed E-state index contributed by atoms with van der Waals surface area (Å²) < 4.78 is 0. The van der Waals surface area contributed by atoms with Crippen LogP contribution in [0.3, 0.4) is 0 Å². The predicted molar refractivity (Wildman–Crippen MR) is 53.5 cm³/mol. The Balaban J connectivity index is 3.99. The zero-order valence-corrected chi connectivity index (χ0v) is 8.05. The molecule has 0 heterocycles. The third-order valence-corrected chi connectivity index (χ3v) is 1.42. The van der Waals surface area contributed by atoms with Crippen LogP contribution in [-0.4, -0.2) is 56.7 Å². The van der Waals surface area contributed by atoms with Crippen LogP contribution in [0, 0.1) is 0 Å². The van der Waals surface area contributed by atoms with Crippen LogP contribution in [0.25, 0.3) is 0 Å². The summed E-state index contributed by atoms with van der Waals surface area (Å²) in [6.45, 7) is -0.658. The number of hydrazone groups is 1. The molecule has 82 valence electrons. The van der Waals surface area contributed by atoms with E-state index in [0.717, 1.165) is 6.21 Å². The molecule has 0 aliphatic heterocycles. The Morgan fingerprint density at radius 2 is 2.07 bits per heavy atom. The summed E-state index contributed by atoms with van der Waals surface area (Å²) >= 11 is 4.41. The second-order valence-electron chi connectivity index (χ2n) is 2.49. The lowest BCUT2D eigenvalue weighted by molar-refractivity contribution is -0.0542. The SMILES string of the molecule is NC(=S)N/N=C\[C@@H](O)[C@H](O)[C@H](O)CO. The van der Waals surface area contributed by atoms with Crippen molar-refractivity contribution in [2.75, 3.05) is 6.61 Å². The molecule has 8 heteroatoms. The van der Waals surface area contributed by atoms with Gasteiger partial charge in [0.2, 0.25) is 0 Å². The van der Waals surface area contributed by atoms with Gasteiger partial charge < -0.3 is 26.2 Å². The Labute approximate surface area is 85.9 Å². The number of aliphatic hydroxyl groups excluding tert-OH is 4. The maximum Gasteiger partial charge on any atom is 0.184 e. The Bertz CT molecular complexity index is 213. The molecule has 0 aliphatic rings. The molecule has 0 aliphatic carbocycles. The van der Waals surface area contributed by atoms with Crippen LogP contribution in [0.4, 0.5) is 0 Å². The van der Waals surface area contributed by atoms with E-state index in [1.165, 1.54) is 0 Å². The van der Waals surface area contributed by atoms with E-state index in [9.17, 15) is 0 Å². The molecule has 0 aromatic carbocycles. The Morgan fingerprint density at radius 1 is 1.50 bits per heavy atom. The normalized spacial score (nSPS) is 17.7. The lowest BCUT2D eigenvalue weighted by Gasteiger charge is -2.17. The molecule has 0 rings (SSSR count). The van der Waals surface area contributed by atoms with E-state index in [-0.39, 0.29) is 5.11 Å². The number of nitrogens with two attached hydrogens (primary N) is 1. The van der Waals surface area contributed by atoms with Crippen LogP contribution in [-0.2, 0) is 0 Å². The molecule has 7 nitrogen and oxygen atoms in total. The zero-order valence-electron chi connectivity index (χ0n) is 7.24.